The first-order chi connectivity index (χ1) is 16.2. The molecule has 1 heterocycles. The molecule has 0 bridgehead atoms. The molecular formula is C27H36ClN3O3. The third kappa shape index (κ3) is 8.99. The first-order valence-corrected chi connectivity index (χ1v) is 12.3. The predicted molar refractivity (Wildman–Crippen MR) is 136 cm³/mol. The number of nitrogens with one attached hydrogen (secondary N) is 2. The summed E-state index contributed by atoms with van der Waals surface area (Å²) in [5, 5.41) is 6.58. The first-order valence-electron chi connectivity index (χ1n) is 12.0. The standard InChI is InChI=1S/C27H36ClN3O3/c1-27(2,3)34-26(33)30-24(17-20-7-5-4-6-8-20)25(32)29-18-21-13-15-31(16-14-21)19-22-9-11-23(28)12-10-22/h4-12,21,24H,13-19H2,1-3H3,(H,29,32)(H,30,33)/t24-/m1/s1. The lowest BCUT2D eigenvalue weighted by Gasteiger charge is -2.32. The van der Waals surface area contributed by atoms with Crippen molar-refractivity contribution in [2.24, 2.45) is 5.92 Å². The zero-order chi connectivity index (χ0) is 24.6. The highest BCUT2D eigenvalue weighted by Gasteiger charge is 2.26. The van der Waals surface area contributed by atoms with Crippen molar-refractivity contribution in [2.75, 3.05) is 19.6 Å². The molecule has 0 saturated carbocycles. The minimum Gasteiger partial charge on any atom is -0.444 e. The zero-order valence-electron chi connectivity index (χ0n) is 20.4. The molecule has 2 aromatic carbocycles. The van der Waals surface area contributed by atoms with Crippen LogP contribution < -0.4 is 10.6 Å². The molecule has 1 saturated heterocycles. The number of halogens is 1. The predicted octanol–water partition coefficient (Wildman–Crippen LogP) is 4.80. The smallest absolute Gasteiger partial charge is 0.408 e. The van der Waals surface area contributed by atoms with Gasteiger partial charge in [-0.1, -0.05) is 54.1 Å². The van der Waals surface area contributed by atoms with Crippen molar-refractivity contribution in [1.29, 1.82) is 0 Å². The highest BCUT2D eigenvalue weighted by Crippen LogP contribution is 2.19. The number of carbonyl (C=O) groups is 2. The van der Waals surface area contributed by atoms with E-state index in [1.807, 2.05) is 42.5 Å². The Kier molecular flexibility index (Phi) is 9.36. The van der Waals surface area contributed by atoms with E-state index in [-0.39, 0.29) is 5.91 Å². The van der Waals surface area contributed by atoms with Crippen LogP contribution in [0.4, 0.5) is 4.79 Å². The summed E-state index contributed by atoms with van der Waals surface area (Å²) in [7, 11) is 0. The van der Waals surface area contributed by atoms with Crippen LogP contribution in [-0.2, 0) is 22.5 Å². The fourth-order valence-corrected chi connectivity index (χ4v) is 4.20. The molecule has 0 spiro atoms. The fourth-order valence-electron chi connectivity index (χ4n) is 4.07. The summed E-state index contributed by atoms with van der Waals surface area (Å²) in [5.41, 5.74) is 1.61. The van der Waals surface area contributed by atoms with E-state index in [4.69, 9.17) is 16.3 Å². The van der Waals surface area contributed by atoms with E-state index in [1.54, 1.807) is 20.8 Å². The molecule has 2 amide bonds. The van der Waals surface area contributed by atoms with Gasteiger partial charge in [-0.05, 0) is 75.9 Å². The average molecular weight is 486 g/mol. The number of carbonyl (C=O) groups excluding carboxylic acids is 2. The van der Waals surface area contributed by atoms with E-state index in [9.17, 15) is 9.59 Å². The van der Waals surface area contributed by atoms with E-state index >= 15 is 0 Å². The number of alkyl carbamates (subject to hydrolysis) is 1. The minimum atomic E-state index is -0.692. The Bertz CT molecular complexity index is 920. The molecule has 3 rings (SSSR count). The summed E-state index contributed by atoms with van der Waals surface area (Å²) in [6.07, 6.45) is 1.87. The normalized spacial score (nSPS) is 16.0. The largest absolute Gasteiger partial charge is 0.444 e. The summed E-state index contributed by atoms with van der Waals surface area (Å²) >= 11 is 5.98. The van der Waals surface area contributed by atoms with Crippen molar-refractivity contribution in [3.8, 4) is 0 Å². The average Bonchev–Trinajstić information content (AvgIpc) is 2.79. The number of likely N-dealkylation sites (tertiary alicyclic amines) is 1. The molecule has 184 valence electrons. The molecule has 1 aliphatic heterocycles. The Morgan fingerprint density at radius 1 is 1.03 bits per heavy atom. The topological polar surface area (TPSA) is 70.7 Å². The number of amides is 2. The maximum absolute atomic E-state index is 13.0. The van der Waals surface area contributed by atoms with Crippen LogP contribution in [0.1, 0.15) is 44.7 Å². The molecule has 0 aliphatic carbocycles. The minimum absolute atomic E-state index is 0.182. The number of piperidine rings is 1. The van der Waals surface area contributed by atoms with Gasteiger partial charge in [-0.15, -0.1) is 0 Å². The van der Waals surface area contributed by atoms with Gasteiger partial charge in [-0.25, -0.2) is 4.79 Å². The van der Waals surface area contributed by atoms with Crippen LogP contribution in [0.3, 0.4) is 0 Å². The maximum Gasteiger partial charge on any atom is 0.408 e. The van der Waals surface area contributed by atoms with Crippen LogP contribution in [-0.4, -0.2) is 48.2 Å². The van der Waals surface area contributed by atoms with Gasteiger partial charge in [0.25, 0.3) is 0 Å². The summed E-state index contributed by atoms with van der Waals surface area (Å²) in [4.78, 5) is 27.8. The molecule has 1 aliphatic rings. The molecule has 0 aromatic heterocycles. The van der Waals surface area contributed by atoms with E-state index in [0.29, 0.717) is 18.9 Å². The molecule has 1 fully saturated rings. The second-order valence-corrected chi connectivity index (χ2v) is 10.4. The van der Waals surface area contributed by atoms with Gasteiger partial charge in [0, 0.05) is 24.5 Å². The van der Waals surface area contributed by atoms with Crippen LogP contribution in [0.25, 0.3) is 0 Å². The van der Waals surface area contributed by atoms with Gasteiger partial charge in [0.15, 0.2) is 0 Å². The number of rotatable bonds is 8. The summed E-state index contributed by atoms with van der Waals surface area (Å²) in [5.74, 6) is 0.239. The van der Waals surface area contributed by atoms with Crippen molar-refractivity contribution < 1.29 is 14.3 Å². The Morgan fingerprint density at radius 2 is 1.68 bits per heavy atom. The van der Waals surface area contributed by atoms with Crippen molar-refractivity contribution >= 4 is 23.6 Å². The highest BCUT2D eigenvalue weighted by molar-refractivity contribution is 6.30. The maximum atomic E-state index is 13.0. The zero-order valence-corrected chi connectivity index (χ0v) is 21.1. The number of hydrogen-bond donors (Lipinski definition) is 2. The van der Waals surface area contributed by atoms with Gasteiger partial charge in [-0.3, -0.25) is 9.69 Å². The quantitative estimate of drug-likeness (QED) is 0.563. The van der Waals surface area contributed by atoms with E-state index < -0.39 is 17.7 Å². The molecule has 34 heavy (non-hydrogen) atoms. The Balaban J connectivity index is 1.49. The highest BCUT2D eigenvalue weighted by atomic mass is 35.5. The number of benzene rings is 2. The summed E-state index contributed by atoms with van der Waals surface area (Å²) in [6.45, 7) is 8.91. The van der Waals surface area contributed by atoms with Crippen molar-refractivity contribution in [1.82, 2.24) is 15.5 Å². The second kappa shape index (κ2) is 12.2. The lowest BCUT2D eigenvalue weighted by atomic mass is 9.96. The van der Waals surface area contributed by atoms with Gasteiger partial charge in [-0.2, -0.15) is 0 Å². The lowest BCUT2D eigenvalue weighted by Crippen LogP contribution is -2.50. The third-order valence-corrected chi connectivity index (χ3v) is 6.13. The molecule has 0 radical (unpaired) electrons. The van der Waals surface area contributed by atoms with Crippen LogP contribution in [0.15, 0.2) is 54.6 Å². The van der Waals surface area contributed by atoms with E-state index in [1.165, 1.54) is 5.56 Å². The first kappa shape index (κ1) is 26.0. The molecule has 1 atom stereocenters. The van der Waals surface area contributed by atoms with Crippen LogP contribution >= 0.6 is 11.6 Å². The summed E-state index contributed by atoms with van der Waals surface area (Å²) < 4.78 is 5.37. The Morgan fingerprint density at radius 3 is 2.29 bits per heavy atom. The number of hydrogen-bond acceptors (Lipinski definition) is 4. The van der Waals surface area contributed by atoms with Crippen LogP contribution in [0.2, 0.25) is 5.02 Å². The van der Waals surface area contributed by atoms with E-state index in [2.05, 4.69) is 27.7 Å². The van der Waals surface area contributed by atoms with Gasteiger partial charge in [0.1, 0.15) is 11.6 Å². The van der Waals surface area contributed by atoms with Gasteiger partial charge >= 0.3 is 6.09 Å². The van der Waals surface area contributed by atoms with E-state index in [0.717, 1.165) is 43.1 Å². The van der Waals surface area contributed by atoms with Crippen LogP contribution in [0, 0.1) is 5.92 Å². The molecular weight excluding hydrogens is 450 g/mol. The summed E-state index contributed by atoms with van der Waals surface area (Å²) in [6, 6.07) is 17.0. The SMILES string of the molecule is CC(C)(C)OC(=O)N[C@H](Cc1ccccc1)C(=O)NCC1CCN(Cc2ccc(Cl)cc2)CC1. The van der Waals surface area contributed by atoms with Crippen molar-refractivity contribution in [3.63, 3.8) is 0 Å². The molecule has 0 unspecified atom stereocenters. The number of nitrogens with zero attached hydrogens (tertiary/aromatic N) is 1. The van der Waals surface area contributed by atoms with Gasteiger partial charge in [0.2, 0.25) is 5.91 Å². The number of ether oxygens (including phenoxy) is 1. The van der Waals surface area contributed by atoms with Crippen molar-refractivity contribution in [3.05, 3.63) is 70.7 Å². The van der Waals surface area contributed by atoms with Crippen LogP contribution in [0.5, 0.6) is 0 Å². The van der Waals surface area contributed by atoms with Crippen molar-refractivity contribution in [2.45, 2.75) is 58.2 Å². The molecule has 7 heteroatoms. The third-order valence-electron chi connectivity index (χ3n) is 5.88. The molecule has 6 nitrogen and oxygen atoms in total. The lowest BCUT2D eigenvalue weighted by molar-refractivity contribution is -0.123. The van der Waals surface area contributed by atoms with Gasteiger partial charge < -0.3 is 15.4 Å². The molecule has 2 N–H and O–H groups in total. The monoisotopic (exact) mass is 485 g/mol. The Labute approximate surface area is 208 Å². The van der Waals surface area contributed by atoms with Gasteiger partial charge in [0.05, 0.1) is 0 Å². The fraction of sp³-hybridized carbons (Fsp3) is 0.481. The Hall–Kier alpha value is -2.57. The molecule has 2 aromatic rings. The second-order valence-electron chi connectivity index (χ2n) is 9.98.